The zero-order valence-electron chi connectivity index (χ0n) is 8.20. The summed E-state index contributed by atoms with van der Waals surface area (Å²) in [6, 6.07) is 5.00. The standard InChI is InChI=1S/C10H8BrNO3/c1-14-9-7(10(13)15-2)4-3-6(5-12)8(9)11/h3-4H,1-2H3. The van der Waals surface area contributed by atoms with Crippen LogP contribution in [0.5, 0.6) is 5.75 Å². The highest BCUT2D eigenvalue weighted by Gasteiger charge is 2.17. The lowest BCUT2D eigenvalue weighted by Crippen LogP contribution is -2.05. The van der Waals surface area contributed by atoms with E-state index in [0.717, 1.165) is 0 Å². The van der Waals surface area contributed by atoms with Gasteiger partial charge in [-0.15, -0.1) is 0 Å². The largest absolute Gasteiger partial charge is 0.495 e. The number of nitrogens with zero attached hydrogens (tertiary/aromatic N) is 1. The normalized spacial score (nSPS) is 9.20. The second kappa shape index (κ2) is 4.80. The highest BCUT2D eigenvalue weighted by molar-refractivity contribution is 9.10. The molecule has 4 nitrogen and oxygen atoms in total. The summed E-state index contributed by atoms with van der Waals surface area (Å²) in [7, 11) is 2.71. The summed E-state index contributed by atoms with van der Waals surface area (Å²) in [5.74, 6) is -0.196. The van der Waals surface area contributed by atoms with Gasteiger partial charge in [-0.25, -0.2) is 4.79 Å². The van der Waals surface area contributed by atoms with Gasteiger partial charge in [0.05, 0.1) is 24.3 Å². The number of methoxy groups -OCH3 is 2. The van der Waals surface area contributed by atoms with Gasteiger partial charge in [-0.1, -0.05) is 0 Å². The monoisotopic (exact) mass is 269 g/mol. The number of carbonyl (C=O) groups is 1. The lowest BCUT2D eigenvalue weighted by molar-refractivity contribution is 0.0597. The minimum atomic E-state index is -0.503. The molecule has 0 aliphatic heterocycles. The van der Waals surface area contributed by atoms with E-state index in [1.165, 1.54) is 26.4 Å². The third-order valence-electron chi connectivity index (χ3n) is 1.83. The molecule has 1 rings (SSSR count). The van der Waals surface area contributed by atoms with Gasteiger partial charge in [0.25, 0.3) is 0 Å². The summed E-state index contributed by atoms with van der Waals surface area (Å²) in [4.78, 5) is 11.3. The number of halogens is 1. The van der Waals surface area contributed by atoms with Crippen molar-refractivity contribution in [2.24, 2.45) is 0 Å². The van der Waals surface area contributed by atoms with E-state index in [0.29, 0.717) is 15.8 Å². The lowest BCUT2D eigenvalue weighted by atomic mass is 10.1. The van der Waals surface area contributed by atoms with Crippen LogP contribution in [0.3, 0.4) is 0 Å². The number of rotatable bonds is 2. The van der Waals surface area contributed by atoms with Crippen molar-refractivity contribution in [2.75, 3.05) is 14.2 Å². The molecule has 0 radical (unpaired) electrons. The van der Waals surface area contributed by atoms with Crippen LogP contribution in [-0.4, -0.2) is 20.2 Å². The number of nitriles is 1. The molecule has 0 saturated carbocycles. The minimum Gasteiger partial charge on any atom is -0.495 e. The Kier molecular flexibility index (Phi) is 3.69. The van der Waals surface area contributed by atoms with Gasteiger partial charge in [0, 0.05) is 0 Å². The molecule has 1 aromatic carbocycles. The quantitative estimate of drug-likeness (QED) is 0.772. The van der Waals surface area contributed by atoms with E-state index >= 15 is 0 Å². The Balaban J connectivity index is 3.39. The molecule has 0 fully saturated rings. The first kappa shape index (κ1) is 11.5. The molecule has 0 aromatic heterocycles. The van der Waals surface area contributed by atoms with Crippen LogP contribution in [0.2, 0.25) is 0 Å². The highest BCUT2D eigenvalue weighted by Crippen LogP contribution is 2.32. The smallest absolute Gasteiger partial charge is 0.341 e. The Labute approximate surface area is 95.5 Å². The first-order valence-electron chi connectivity index (χ1n) is 4.00. The van der Waals surface area contributed by atoms with Gasteiger partial charge in [0.15, 0.2) is 0 Å². The first-order chi connectivity index (χ1) is 7.15. The molecular weight excluding hydrogens is 262 g/mol. The van der Waals surface area contributed by atoms with Gasteiger partial charge in [0.1, 0.15) is 17.4 Å². The number of hydrogen-bond donors (Lipinski definition) is 0. The van der Waals surface area contributed by atoms with Crippen molar-refractivity contribution in [1.82, 2.24) is 0 Å². The van der Waals surface area contributed by atoms with Crippen molar-refractivity contribution in [1.29, 1.82) is 5.26 Å². The van der Waals surface area contributed by atoms with Crippen LogP contribution in [0.15, 0.2) is 16.6 Å². The van der Waals surface area contributed by atoms with Crippen molar-refractivity contribution in [2.45, 2.75) is 0 Å². The zero-order chi connectivity index (χ0) is 11.4. The molecular formula is C10H8BrNO3. The predicted molar refractivity (Wildman–Crippen MR) is 56.7 cm³/mol. The molecule has 0 atom stereocenters. The third-order valence-corrected chi connectivity index (χ3v) is 2.61. The summed E-state index contributed by atoms with van der Waals surface area (Å²) in [6.07, 6.45) is 0. The molecule has 5 heteroatoms. The summed E-state index contributed by atoms with van der Waals surface area (Å²) < 4.78 is 10.1. The maximum atomic E-state index is 11.3. The fraction of sp³-hybridized carbons (Fsp3) is 0.200. The molecule has 1 aromatic rings. The van der Waals surface area contributed by atoms with E-state index in [4.69, 9.17) is 10.00 Å². The van der Waals surface area contributed by atoms with Gasteiger partial charge < -0.3 is 9.47 Å². The van der Waals surface area contributed by atoms with Crippen LogP contribution in [0.25, 0.3) is 0 Å². The molecule has 0 unspecified atom stereocenters. The third kappa shape index (κ3) is 2.10. The van der Waals surface area contributed by atoms with Crippen LogP contribution in [0, 0.1) is 11.3 Å². The first-order valence-corrected chi connectivity index (χ1v) is 4.80. The lowest BCUT2D eigenvalue weighted by Gasteiger charge is -2.09. The topological polar surface area (TPSA) is 59.3 Å². The Hall–Kier alpha value is -1.54. The van der Waals surface area contributed by atoms with Gasteiger partial charge in [-0.2, -0.15) is 5.26 Å². The number of ether oxygens (including phenoxy) is 2. The molecule has 78 valence electrons. The average Bonchev–Trinajstić information content (AvgIpc) is 2.27. The molecule has 0 heterocycles. The molecule has 0 N–H and O–H groups in total. The number of esters is 1. The number of hydrogen-bond acceptors (Lipinski definition) is 4. The van der Waals surface area contributed by atoms with E-state index in [1.54, 1.807) is 0 Å². The number of benzene rings is 1. The Morgan fingerprint density at radius 3 is 2.60 bits per heavy atom. The molecule has 0 spiro atoms. The Bertz CT molecular complexity index is 437. The fourth-order valence-electron chi connectivity index (χ4n) is 1.11. The molecule has 0 amide bonds. The maximum Gasteiger partial charge on any atom is 0.341 e. The highest BCUT2D eigenvalue weighted by atomic mass is 79.9. The SMILES string of the molecule is COC(=O)c1ccc(C#N)c(Br)c1OC. The fourth-order valence-corrected chi connectivity index (χ4v) is 1.71. The molecule has 0 saturated heterocycles. The molecule has 15 heavy (non-hydrogen) atoms. The van der Waals surface area contributed by atoms with Crippen LogP contribution in [0.4, 0.5) is 0 Å². The van der Waals surface area contributed by atoms with Crippen molar-refractivity contribution in [3.63, 3.8) is 0 Å². The average molecular weight is 270 g/mol. The molecule has 0 bridgehead atoms. The predicted octanol–water partition coefficient (Wildman–Crippen LogP) is 2.12. The Morgan fingerprint density at radius 2 is 2.13 bits per heavy atom. The van der Waals surface area contributed by atoms with E-state index in [9.17, 15) is 4.79 Å². The summed E-state index contributed by atoms with van der Waals surface area (Å²) in [6.45, 7) is 0. The van der Waals surface area contributed by atoms with Gasteiger partial charge in [-0.3, -0.25) is 0 Å². The van der Waals surface area contributed by atoms with Gasteiger partial charge in [-0.05, 0) is 28.1 Å². The van der Waals surface area contributed by atoms with E-state index in [2.05, 4.69) is 20.7 Å². The van der Waals surface area contributed by atoms with Crippen molar-refractivity contribution < 1.29 is 14.3 Å². The maximum absolute atomic E-state index is 11.3. The van der Waals surface area contributed by atoms with Crippen LogP contribution < -0.4 is 4.74 Å². The van der Waals surface area contributed by atoms with Gasteiger partial charge >= 0.3 is 5.97 Å². The van der Waals surface area contributed by atoms with Crippen molar-refractivity contribution in [3.05, 3.63) is 27.7 Å². The molecule has 0 aliphatic rings. The zero-order valence-corrected chi connectivity index (χ0v) is 9.79. The van der Waals surface area contributed by atoms with E-state index in [-0.39, 0.29) is 5.56 Å². The minimum absolute atomic E-state index is 0.283. The van der Waals surface area contributed by atoms with E-state index in [1.807, 2.05) is 6.07 Å². The molecule has 0 aliphatic carbocycles. The van der Waals surface area contributed by atoms with Gasteiger partial charge in [0.2, 0.25) is 0 Å². The van der Waals surface area contributed by atoms with E-state index < -0.39 is 5.97 Å². The summed E-state index contributed by atoms with van der Waals surface area (Å²) >= 11 is 3.19. The van der Waals surface area contributed by atoms with Crippen molar-refractivity contribution in [3.8, 4) is 11.8 Å². The van der Waals surface area contributed by atoms with Crippen LogP contribution >= 0.6 is 15.9 Å². The Morgan fingerprint density at radius 1 is 1.47 bits per heavy atom. The summed E-state index contributed by atoms with van der Waals surface area (Å²) in [5.41, 5.74) is 0.686. The summed E-state index contributed by atoms with van der Waals surface area (Å²) in [5, 5.41) is 8.77. The van der Waals surface area contributed by atoms with Crippen LogP contribution in [-0.2, 0) is 4.74 Å². The second-order valence-electron chi connectivity index (χ2n) is 2.61. The second-order valence-corrected chi connectivity index (χ2v) is 3.40. The number of carbonyl (C=O) groups excluding carboxylic acids is 1. The van der Waals surface area contributed by atoms with Crippen LogP contribution in [0.1, 0.15) is 15.9 Å². The van der Waals surface area contributed by atoms with Crippen molar-refractivity contribution >= 4 is 21.9 Å².